The summed E-state index contributed by atoms with van der Waals surface area (Å²) in [5, 5.41) is 15.0. The molecule has 5 nitrogen and oxygen atoms in total. The van der Waals surface area contributed by atoms with Crippen molar-refractivity contribution in [2.45, 2.75) is 25.9 Å². The zero-order valence-electron chi connectivity index (χ0n) is 12.0. The number of rotatable bonds is 5. The molecule has 0 saturated carbocycles. The predicted octanol–water partition coefficient (Wildman–Crippen LogP) is 1.81. The van der Waals surface area contributed by atoms with Gasteiger partial charge < -0.3 is 20.6 Å². The lowest BCUT2D eigenvalue weighted by Gasteiger charge is -2.23. The molecule has 0 aromatic heterocycles. The van der Waals surface area contributed by atoms with E-state index in [-0.39, 0.29) is 24.7 Å². The molecule has 3 N–H and O–H groups in total. The van der Waals surface area contributed by atoms with E-state index in [4.69, 9.17) is 5.11 Å². The van der Waals surface area contributed by atoms with Crippen LogP contribution in [0.25, 0.3) is 0 Å². The molecule has 0 spiro atoms. The Hall–Kier alpha value is -1.59. The molecule has 0 bridgehead atoms. The lowest BCUT2D eigenvalue weighted by molar-refractivity contribution is 0.166. The molecule has 0 aliphatic rings. The van der Waals surface area contributed by atoms with Gasteiger partial charge in [-0.1, -0.05) is 12.1 Å². The maximum Gasteiger partial charge on any atom is 0.321 e. The van der Waals surface area contributed by atoms with Crippen LogP contribution in [-0.4, -0.2) is 42.8 Å². The summed E-state index contributed by atoms with van der Waals surface area (Å²) < 4.78 is 0. The summed E-state index contributed by atoms with van der Waals surface area (Å²) in [6, 6.07) is 7.55. The van der Waals surface area contributed by atoms with Crippen molar-refractivity contribution < 1.29 is 9.90 Å². The van der Waals surface area contributed by atoms with E-state index in [2.05, 4.69) is 17.6 Å². The van der Waals surface area contributed by atoms with Gasteiger partial charge in [-0.3, -0.25) is 0 Å². The maximum absolute atomic E-state index is 11.9. The van der Waals surface area contributed by atoms with Crippen molar-refractivity contribution in [3.8, 4) is 0 Å². The number of nitrogens with zero attached hydrogens (tertiary/aromatic N) is 1. The van der Waals surface area contributed by atoms with Crippen LogP contribution in [0.1, 0.15) is 25.5 Å². The molecule has 1 rings (SSSR count). The van der Waals surface area contributed by atoms with Gasteiger partial charge in [0, 0.05) is 18.8 Å². The number of likely N-dealkylation sites (N-methyl/N-ethyl adjacent to an activating group) is 1. The number of carbonyl (C=O) groups is 1. The highest BCUT2D eigenvalue weighted by molar-refractivity contribution is 5.89. The van der Waals surface area contributed by atoms with Gasteiger partial charge in [0.1, 0.15) is 0 Å². The van der Waals surface area contributed by atoms with Crippen LogP contribution in [0, 0.1) is 0 Å². The van der Waals surface area contributed by atoms with Crippen LogP contribution in [0.5, 0.6) is 0 Å². The summed E-state index contributed by atoms with van der Waals surface area (Å²) in [5.41, 5.74) is 1.91. The fourth-order valence-corrected chi connectivity index (χ4v) is 1.56. The Morgan fingerprint density at radius 3 is 2.37 bits per heavy atom. The Kier molecular flexibility index (Phi) is 5.79. The van der Waals surface area contributed by atoms with E-state index in [0.717, 1.165) is 11.3 Å². The largest absolute Gasteiger partial charge is 0.394 e. The van der Waals surface area contributed by atoms with Gasteiger partial charge in [0.2, 0.25) is 0 Å². The number of anilines is 1. The van der Waals surface area contributed by atoms with Crippen molar-refractivity contribution >= 4 is 11.7 Å². The van der Waals surface area contributed by atoms with E-state index < -0.39 is 0 Å². The minimum atomic E-state index is -0.226. The molecule has 106 valence electrons. The monoisotopic (exact) mass is 265 g/mol. The van der Waals surface area contributed by atoms with Gasteiger partial charge in [-0.2, -0.15) is 0 Å². The molecule has 0 saturated heterocycles. The summed E-state index contributed by atoms with van der Waals surface area (Å²) >= 11 is 0. The summed E-state index contributed by atoms with van der Waals surface area (Å²) in [6.07, 6.45) is 0. The Balaban J connectivity index is 2.65. The number of hydrogen-bond donors (Lipinski definition) is 3. The highest BCUT2D eigenvalue weighted by Gasteiger charge is 2.14. The van der Waals surface area contributed by atoms with Crippen molar-refractivity contribution in [1.82, 2.24) is 10.2 Å². The van der Waals surface area contributed by atoms with Crippen LogP contribution in [0.15, 0.2) is 24.3 Å². The second kappa shape index (κ2) is 7.11. The molecule has 0 fully saturated rings. The Morgan fingerprint density at radius 1 is 1.32 bits per heavy atom. The third-order valence-corrected chi connectivity index (χ3v) is 3.34. The number of aliphatic hydroxyl groups excluding tert-OH is 1. The molecule has 2 amide bonds. The van der Waals surface area contributed by atoms with Gasteiger partial charge in [0.05, 0.1) is 12.6 Å². The first-order valence-electron chi connectivity index (χ1n) is 6.41. The van der Waals surface area contributed by atoms with Gasteiger partial charge in [0.25, 0.3) is 0 Å². The average Bonchev–Trinajstić information content (AvgIpc) is 2.45. The van der Waals surface area contributed by atoms with Crippen LogP contribution in [0.3, 0.4) is 0 Å². The first-order chi connectivity index (χ1) is 8.99. The topological polar surface area (TPSA) is 64.6 Å². The summed E-state index contributed by atoms with van der Waals surface area (Å²) in [5.74, 6) is 0. The molecular weight excluding hydrogens is 242 g/mol. The Labute approximate surface area is 114 Å². The number of aliphatic hydroxyl groups is 1. The zero-order chi connectivity index (χ0) is 14.4. The number of nitrogens with one attached hydrogen (secondary N) is 2. The van der Waals surface area contributed by atoms with E-state index >= 15 is 0 Å². The first-order valence-corrected chi connectivity index (χ1v) is 6.41. The lowest BCUT2D eigenvalue weighted by Crippen LogP contribution is -2.40. The first kappa shape index (κ1) is 15.5. The molecule has 1 aromatic rings. The van der Waals surface area contributed by atoms with E-state index in [1.807, 2.05) is 31.3 Å². The quantitative estimate of drug-likeness (QED) is 0.761. The summed E-state index contributed by atoms with van der Waals surface area (Å²) in [7, 11) is 3.57. The van der Waals surface area contributed by atoms with Crippen LogP contribution < -0.4 is 10.6 Å². The number of amides is 2. The molecule has 0 radical (unpaired) electrons. The minimum Gasteiger partial charge on any atom is -0.394 e. The van der Waals surface area contributed by atoms with E-state index in [0.29, 0.717) is 0 Å². The molecule has 0 aliphatic heterocycles. The number of urea groups is 1. The van der Waals surface area contributed by atoms with Crippen molar-refractivity contribution in [3.63, 3.8) is 0 Å². The second-order valence-electron chi connectivity index (χ2n) is 4.71. The highest BCUT2D eigenvalue weighted by Crippen LogP contribution is 2.16. The standard InChI is InChI=1S/C14H23N3O2/c1-10(9-18)17(4)14(19)16-13-7-5-12(6-8-13)11(2)15-3/h5-8,10-11,15,18H,9H2,1-4H3,(H,16,19). The Bertz CT molecular complexity index is 406. The summed E-state index contributed by atoms with van der Waals surface area (Å²) in [6.45, 7) is 3.81. The zero-order valence-corrected chi connectivity index (χ0v) is 12.0. The molecule has 2 unspecified atom stereocenters. The third-order valence-electron chi connectivity index (χ3n) is 3.34. The molecule has 2 atom stereocenters. The molecular formula is C14H23N3O2. The molecule has 1 aromatic carbocycles. The van der Waals surface area contributed by atoms with E-state index in [9.17, 15) is 4.79 Å². The molecule has 0 heterocycles. The van der Waals surface area contributed by atoms with Crippen molar-refractivity contribution in [1.29, 1.82) is 0 Å². The van der Waals surface area contributed by atoms with Gasteiger partial charge >= 0.3 is 6.03 Å². The van der Waals surface area contributed by atoms with Crippen molar-refractivity contribution in [2.75, 3.05) is 26.0 Å². The number of benzene rings is 1. The maximum atomic E-state index is 11.9. The highest BCUT2D eigenvalue weighted by atomic mass is 16.3. The fraction of sp³-hybridized carbons (Fsp3) is 0.500. The predicted molar refractivity (Wildman–Crippen MR) is 77.2 cm³/mol. The Morgan fingerprint density at radius 2 is 1.89 bits per heavy atom. The SMILES string of the molecule is CNC(C)c1ccc(NC(=O)N(C)C(C)CO)cc1. The van der Waals surface area contributed by atoms with Crippen molar-refractivity contribution in [3.05, 3.63) is 29.8 Å². The van der Waals surface area contributed by atoms with Gasteiger partial charge in [-0.25, -0.2) is 4.79 Å². The molecule has 0 aliphatic carbocycles. The molecule has 5 heteroatoms. The normalized spacial score (nSPS) is 13.7. The van der Waals surface area contributed by atoms with Crippen LogP contribution in [0.4, 0.5) is 10.5 Å². The number of hydrogen-bond acceptors (Lipinski definition) is 3. The lowest BCUT2D eigenvalue weighted by atomic mass is 10.1. The average molecular weight is 265 g/mol. The van der Waals surface area contributed by atoms with Crippen LogP contribution in [-0.2, 0) is 0 Å². The van der Waals surface area contributed by atoms with Crippen molar-refractivity contribution in [2.24, 2.45) is 0 Å². The van der Waals surface area contributed by atoms with Crippen LogP contribution >= 0.6 is 0 Å². The summed E-state index contributed by atoms with van der Waals surface area (Å²) in [4.78, 5) is 13.4. The van der Waals surface area contributed by atoms with Gasteiger partial charge in [0.15, 0.2) is 0 Å². The third kappa shape index (κ3) is 4.22. The van der Waals surface area contributed by atoms with Gasteiger partial charge in [-0.05, 0) is 38.6 Å². The second-order valence-corrected chi connectivity index (χ2v) is 4.71. The smallest absolute Gasteiger partial charge is 0.321 e. The van der Waals surface area contributed by atoms with E-state index in [1.165, 1.54) is 4.90 Å². The van der Waals surface area contributed by atoms with Crippen LogP contribution in [0.2, 0.25) is 0 Å². The minimum absolute atomic E-state index is 0.0530. The van der Waals surface area contributed by atoms with Gasteiger partial charge in [-0.15, -0.1) is 0 Å². The van der Waals surface area contributed by atoms with E-state index in [1.54, 1.807) is 14.0 Å². The fourth-order valence-electron chi connectivity index (χ4n) is 1.56. The number of carbonyl (C=O) groups excluding carboxylic acids is 1. The molecule has 19 heavy (non-hydrogen) atoms.